The van der Waals surface area contributed by atoms with Crippen molar-refractivity contribution in [3.8, 4) is 11.5 Å². The van der Waals surface area contributed by atoms with Crippen LogP contribution in [0.2, 0.25) is 0 Å². The van der Waals surface area contributed by atoms with Crippen molar-refractivity contribution in [2.45, 2.75) is 18.9 Å². The molecule has 3 nitrogen and oxygen atoms in total. The number of fused-ring (bicyclic) bond motifs is 3. The molecule has 0 fully saturated rings. The Morgan fingerprint density at radius 2 is 1.55 bits per heavy atom. The summed E-state index contributed by atoms with van der Waals surface area (Å²) >= 11 is 0. The molecule has 2 atom stereocenters. The van der Waals surface area contributed by atoms with Gasteiger partial charge in [0.1, 0.15) is 11.7 Å². The number of quaternary nitrogens is 1. The van der Waals surface area contributed by atoms with Gasteiger partial charge >= 0.3 is 7.25 Å². The van der Waals surface area contributed by atoms with Crippen molar-refractivity contribution >= 4 is 13.0 Å². The number of nitrogens with zero attached hydrogens (tertiary/aromatic N) is 1. The maximum atomic E-state index is 9.75. The summed E-state index contributed by atoms with van der Waals surface area (Å²) in [6.45, 7) is 1.12. The Labute approximate surface area is 168 Å². The molecule has 4 rings (SSSR count). The molecule has 2 aliphatic rings. The molecule has 8 heteroatoms. The van der Waals surface area contributed by atoms with Crippen LogP contribution in [0.1, 0.15) is 29.2 Å². The van der Waals surface area contributed by atoms with Crippen molar-refractivity contribution in [3.05, 3.63) is 65.2 Å². The highest BCUT2D eigenvalue weighted by Crippen LogP contribution is 2.50. The summed E-state index contributed by atoms with van der Waals surface area (Å²) in [5.41, 5.74) is 5.53. The summed E-state index contributed by atoms with van der Waals surface area (Å²) in [6, 6.07) is 15.7. The highest BCUT2D eigenvalue weighted by molar-refractivity contribution is 6.50. The van der Waals surface area contributed by atoms with Gasteiger partial charge in [0.25, 0.3) is 0 Å². The summed E-state index contributed by atoms with van der Waals surface area (Å²) in [6.07, 6.45) is 4.57. The van der Waals surface area contributed by atoms with E-state index >= 15 is 0 Å². The minimum atomic E-state index is -6.00. The molecular formula is C21H24BF4NO2. The Hall–Kier alpha value is -2.48. The van der Waals surface area contributed by atoms with Crippen molar-refractivity contribution in [2.75, 3.05) is 27.8 Å². The predicted octanol–water partition coefficient (Wildman–Crippen LogP) is 5.49. The number of hydrogen-bond donors (Lipinski definition) is 0. The molecule has 0 radical (unpaired) electrons. The predicted molar refractivity (Wildman–Crippen MR) is 106 cm³/mol. The van der Waals surface area contributed by atoms with Gasteiger partial charge in [0.2, 0.25) is 0 Å². The smallest absolute Gasteiger partial charge is 0.493 e. The summed E-state index contributed by atoms with van der Waals surface area (Å²) in [4.78, 5) is 0. The van der Waals surface area contributed by atoms with E-state index in [1.165, 1.54) is 22.4 Å². The van der Waals surface area contributed by atoms with E-state index in [4.69, 9.17) is 9.47 Å². The molecule has 0 N–H and O–H groups in total. The third-order valence-corrected chi connectivity index (χ3v) is 5.69. The summed E-state index contributed by atoms with van der Waals surface area (Å²) in [5, 5.41) is 0. The van der Waals surface area contributed by atoms with Crippen LogP contribution in [0.3, 0.4) is 0 Å². The fourth-order valence-electron chi connectivity index (χ4n) is 4.35. The Kier molecular flexibility index (Phi) is 5.94. The quantitative estimate of drug-likeness (QED) is 0.379. The third kappa shape index (κ3) is 4.42. The van der Waals surface area contributed by atoms with Gasteiger partial charge in [0.15, 0.2) is 11.5 Å². The first-order chi connectivity index (χ1) is 13.7. The summed E-state index contributed by atoms with van der Waals surface area (Å²) in [5.74, 6) is 1.64. The van der Waals surface area contributed by atoms with Crippen molar-refractivity contribution in [3.63, 3.8) is 0 Å². The first-order valence-electron chi connectivity index (χ1n) is 9.41. The van der Waals surface area contributed by atoms with Crippen LogP contribution in [0, 0.1) is 0 Å². The van der Waals surface area contributed by atoms with Crippen LogP contribution in [0.15, 0.2) is 48.5 Å². The second kappa shape index (κ2) is 8.10. The lowest BCUT2D eigenvalue weighted by atomic mass is 9.93. The highest BCUT2D eigenvalue weighted by Gasteiger charge is 2.45. The SMILES string of the molecule is COc1cc2c(cc1OC)C1=CCC(c3ccccc3)[N+]1(C)CC2.F[B-](F)(F)F. The van der Waals surface area contributed by atoms with Crippen LogP contribution >= 0.6 is 0 Å². The van der Waals surface area contributed by atoms with Gasteiger partial charge in [0, 0.05) is 24.0 Å². The highest BCUT2D eigenvalue weighted by atomic mass is 19.5. The van der Waals surface area contributed by atoms with Crippen LogP contribution in [-0.2, 0) is 6.42 Å². The molecule has 0 saturated carbocycles. The van der Waals surface area contributed by atoms with E-state index < -0.39 is 7.25 Å². The Morgan fingerprint density at radius 1 is 0.966 bits per heavy atom. The van der Waals surface area contributed by atoms with Crippen LogP contribution in [-0.4, -0.2) is 39.5 Å². The number of hydrogen-bond acceptors (Lipinski definition) is 2. The van der Waals surface area contributed by atoms with Gasteiger partial charge in [0.05, 0.1) is 27.8 Å². The van der Waals surface area contributed by atoms with Crippen LogP contribution in [0.25, 0.3) is 5.70 Å². The molecular weight excluding hydrogens is 385 g/mol. The van der Waals surface area contributed by atoms with E-state index in [0.29, 0.717) is 6.04 Å². The van der Waals surface area contributed by atoms with E-state index in [9.17, 15) is 17.3 Å². The first-order valence-corrected chi connectivity index (χ1v) is 9.41. The fourth-order valence-corrected chi connectivity index (χ4v) is 4.35. The van der Waals surface area contributed by atoms with Crippen LogP contribution < -0.4 is 9.47 Å². The average Bonchev–Trinajstić information content (AvgIpc) is 3.03. The van der Waals surface area contributed by atoms with Gasteiger partial charge in [-0.25, -0.2) is 0 Å². The molecule has 0 bridgehead atoms. The molecule has 2 aromatic carbocycles. The number of benzene rings is 2. The molecule has 156 valence electrons. The van der Waals surface area contributed by atoms with Gasteiger partial charge in [-0.3, -0.25) is 4.48 Å². The first kappa shape index (κ1) is 21.2. The Balaban J connectivity index is 0.000000431. The Morgan fingerprint density at radius 3 is 2.14 bits per heavy atom. The number of rotatable bonds is 3. The number of halogens is 4. The Bertz CT molecular complexity index is 896. The number of methoxy groups -OCH3 is 2. The maximum Gasteiger partial charge on any atom is 0.673 e. The molecule has 0 amide bonds. The fraction of sp³-hybridized carbons (Fsp3) is 0.333. The molecule has 2 heterocycles. The lowest BCUT2D eigenvalue weighted by molar-refractivity contribution is -0.867. The van der Waals surface area contributed by atoms with Crippen molar-refractivity contribution in [2.24, 2.45) is 0 Å². The van der Waals surface area contributed by atoms with E-state index in [1.807, 2.05) is 0 Å². The molecule has 0 spiro atoms. The van der Waals surface area contributed by atoms with Gasteiger partial charge in [-0.1, -0.05) is 30.3 Å². The lowest BCUT2D eigenvalue weighted by Gasteiger charge is -2.42. The molecule has 2 aliphatic heterocycles. The number of likely N-dealkylation sites (N-methyl/N-ethyl adjacent to an activating group) is 1. The number of ether oxygens (including phenoxy) is 2. The van der Waals surface area contributed by atoms with Gasteiger partial charge < -0.3 is 26.7 Å². The van der Waals surface area contributed by atoms with Crippen molar-refractivity contribution in [1.29, 1.82) is 0 Å². The second-order valence-corrected chi connectivity index (χ2v) is 7.35. The standard InChI is InChI=1S/C21H24NO2.BF4/c1-22-12-11-16-13-20(23-2)21(24-3)14-17(16)19(22)10-9-18(22)15-7-5-4-6-8-15;2-1(3,4)5/h4-8,10,13-14,18H,9,11-12H2,1-3H3;/q+1;-1. The van der Waals surface area contributed by atoms with Crippen molar-refractivity contribution < 1.29 is 31.2 Å². The minimum Gasteiger partial charge on any atom is -0.493 e. The third-order valence-electron chi connectivity index (χ3n) is 5.69. The summed E-state index contributed by atoms with van der Waals surface area (Å²) in [7, 11) is -0.222. The molecule has 29 heavy (non-hydrogen) atoms. The molecule has 0 aliphatic carbocycles. The zero-order valence-electron chi connectivity index (χ0n) is 16.7. The van der Waals surface area contributed by atoms with Crippen molar-refractivity contribution in [1.82, 2.24) is 0 Å². The largest absolute Gasteiger partial charge is 0.673 e. The monoisotopic (exact) mass is 409 g/mol. The second-order valence-electron chi connectivity index (χ2n) is 7.35. The zero-order chi connectivity index (χ0) is 21.2. The van der Waals surface area contributed by atoms with Gasteiger partial charge in [-0.2, -0.15) is 0 Å². The van der Waals surface area contributed by atoms with E-state index in [-0.39, 0.29) is 0 Å². The molecule has 0 saturated heterocycles. The lowest BCUT2D eigenvalue weighted by Crippen LogP contribution is -2.46. The van der Waals surface area contributed by atoms with Gasteiger partial charge in [-0.05, 0) is 23.8 Å². The van der Waals surface area contributed by atoms with Crippen LogP contribution in [0.4, 0.5) is 17.3 Å². The topological polar surface area (TPSA) is 18.5 Å². The van der Waals surface area contributed by atoms with Crippen LogP contribution in [0.5, 0.6) is 11.5 Å². The zero-order valence-corrected chi connectivity index (χ0v) is 16.7. The van der Waals surface area contributed by atoms with E-state index in [1.54, 1.807) is 14.2 Å². The molecule has 2 unspecified atom stereocenters. The van der Waals surface area contributed by atoms with Gasteiger partial charge in [-0.15, -0.1) is 0 Å². The minimum absolute atomic E-state index is 0.502. The molecule has 2 aromatic rings. The maximum absolute atomic E-state index is 9.75. The average molecular weight is 409 g/mol. The van der Waals surface area contributed by atoms with E-state index in [2.05, 4.69) is 55.6 Å². The summed E-state index contributed by atoms with van der Waals surface area (Å²) < 4.78 is 51.0. The van der Waals surface area contributed by atoms with E-state index in [0.717, 1.165) is 35.4 Å². The normalized spacial score (nSPS) is 22.6. The molecule has 0 aromatic heterocycles.